The van der Waals surface area contributed by atoms with Crippen LogP contribution in [0, 0.1) is 0 Å². The predicted octanol–water partition coefficient (Wildman–Crippen LogP) is 1.90. The zero-order chi connectivity index (χ0) is 14.4. The zero-order valence-electron chi connectivity index (χ0n) is 11.4. The third-order valence-corrected chi connectivity index (χ3v) is 3.72. The molecule has 1 aliphatic rings. The summed E-state index contributed by atoms with van der Waals surface area (Å²) in [6.07, 6.45) is -1.35. The molecule has 2 rings (SSSR count). The molecule has 1 aliphatic heterocycles. The van der Waals surface area contributed by atoms with E-state index in [-0.39, 0.29) is 11.4 Å². The van der Waals surface area contributed by atoms with Gasteiger partial charge >= 0.3 is 7.12 Å². The van der Waals surface area contributed by atoms with Crippen LogP contribution < -0.4 is 11.2 Å². The number of aromatic nitrogens is 1. The summed E-state index contributed by atoms with van der Waals surface area (Å²) in [5.41, 5.74) is 5.09. The topological polar surface area (TPSA) is 57.4 Å². The van der Waals surface area contributed by atoms with Gasteiger partial charge in [-0.15, -0.1) is 0 Å². The molecule has 0 radical (unpaired) electrons. The first-order chi connectivity index (χ1) is 8.64. The van der Waals surface area contributed by atoms with Gasteiger partial charge in [0.1, 0.15) is 5.69 Å². The van der Waals surface area contributed by atoms with Gasteiger partial charge in [0.2, 0.25) is 0 Å². The lowest BCUT2D eigenvalue weighted by molar-refractivity contribution is 0.00578. The average Bonchev–Trinajstić information content (AvgIpc) is 2.47. The molecule has 1 fully saturated rings. The van der Waals surface area contributed by atoms with E-state index in [1.807, 2.05) is 27.7 Å². The predicted molar refractivity (Wildman–Crippen MR) is 69.3 cm³/mol. The Morgan fingerprint density at radius 2 is 1.74 bits per heavy atom. The molecule has 104 valence electrons. The number of halogens is 2. The van der Waals surface area contributed by atoms with Crippen LogP contribution in [0.2, 0.25) is 0 Å². The van der Waals surface area contributed by atoms with Crippen LogP contribution in [0.25, 0.3) is 0 Å². The standard InChI is InChI=1S/C12H17BF2N2O2/c1-11(2)12(3,4)19-13(18-11)7-6-17-9(10(14)15)5-8(7)16/h5-6,10H,1-4H3,(H2,16,17). The van der Waals surface area contributed by atoms with Crippen LogP contribution in [-0.2, 0) is 9.31 Å². The highest BCUT2D eigenvalue weighted by Crippen LogP contribution is 2.36. The Morgan fingerprint density at radius 3 is 2.16 bits per heavy atom. The van der Waals surface area contributed by atoms with Crippen molar-refractivity contribution >= 4 is 18.3 Å². The lowest BCUT2D eigenvalue weighted by Gasteiger charge is -2.32. The maximum Gasteiger partial charge on any atom is 0.498 e. The van der Waals surface area contributed by atoms with Gasteiger partial charge in [0.15, 0.2) is 0 Å². The molecule has 0 unspecified atom stereocenters. The van der Waals surface area contributed by atoms with Crippen LogP contribution in [-0.4, -0.2) is 23.3 Å². The Bertz CT molecular complexity index is 479. The molecular weight excluding hydrogens is 253 g/mol. The maximum absolute atomic E-state index is 12.5. The van der Waals surface area contributed by atoms with Crippen molar-refractivity contribution in [1.29, 1.82) is 0 Å². The normalized spacial score (nSPS) is 21.1. The molecule has 0 bridgehead atoms. The van der Waals surface area contributed by atoms with Gasteiger partial charge in [0, 0.05) is 17.3 Å². The lowest BCUT2D eigenvalue weighted by atomic mass is 9.79. The fourth-order valence-electron chi connectivity index (χ4n) is 1.78. The Labute approximate surface area is 111 Å². The van der Waals surface area contributed by atoms with E-state index >= 15 is 0 Å². The van der Waals surface area contributed by atoms with Crippen molar-refractivity contribution < 1.29 is 18.1 Å². The van der Waals surface area contributed by atoms with Crippen molar-refractivity contribution in [2.75, 3.05) is 5.73 Å². The van der Waals surface area contributed by atoms with Gasteiger partial charge in [0.05, 0.1) is 11.2 Å². The second-order valence-electron chi connectivity index (χ2n) is 5.63. The van der Waals surface area contributed by atoms with Crippen molar-refractivity contribution in [3.05, 3.63) is 18.0 Å². The van der Waals surface area contributed by atoms with Crippen molar-refractivity contribution in [2.45, 2.75) is 45.3 Å². The maximum atomic E-state index is 12.5. The Hall–Kier alpha value is -1.21. The quantitative estimate of drug-likeness (QED) is 0.834. The number of nitrogens with two attached hydrogens (primary N) is 1. The van der Waals surface area contributed by atoms with E-state index in [0.717, 1.165) is 6.07 Å². The first-order valence-corrected chi connectivity index (χ1v) is 6.03. The molecule has 4 nitrogen and oxygen atoms in total. The number of nitrogen functional groups attached to an aromatic ring is 1. The van der Waals surface area contributed by atoms with Crippen LogP contribution in [0.4, 0.5) is 14.5 Å². The highest BCUT2D eigenvalue weighted by atomic mass is 19.3. The molecule has 0 aromatic carbocycles. The van der Waals surface area contributed by atoms with E-state index in [2.05, 4.69) is 4.98 Å². The minimum absolute atomic E-state index is 0.198. The lowest BCUT2D eigenvalue weighted by Crippen LogP contribution is -2.41. The Balaban J connectivity index is 2.30. The molecule has 0 aliphatic carbocycles. The fourth-order valence-corrected chi connectivity index (χ4v) is 1.78. The summed E-state index contributed by atoms with van der Waals surface area (Å²) in [5, 5.41) is 0. The molecule has 2 heterocycles. The average molecular weight is 270 g/mol. The molecule has 7 heteroatoms. The minimum Gasteiger partial charge on any atom is -0.399 e. The van der Waals surface area contributed by atoms with Crippen molar-refractivity contribution in [2.24, 2.45) is 0 Å². The van der Waals surface area contributed by atoms with E-state index < -0.39 is 24.7 Å². The van der Waals surface area contributed by atoms with E-state index in [0.29, 0.717) is 5.46 Å². The van der Waals surface area contributed by atoms with Gasteiger partial charge in [-0.25, -0.2) is 8.78 Å². The third kappa shape index (κ3) is 2.44. The van der Waals surface area contributed by atoms with Crippen LogP contribution in [0.3, 0.4) is 0 Å². The van der Waals surface area contributed by atoms with Crippen LogP contribution >= 0.6 is 0 Å². The first-order valence-electron chi connectivity index (χ1n) is 6.03. The molecule has 0 atom stereocenters. The number of hydrogen-bond donors (Lipinski definition) is 1. The summed E-state index contributed by atoms with van der Waals surface area (Å²) >= 11 is 0. The molecule has 0 amide bonds. The van der Waals surface area contributed by atoms with E-state index in [1.54, 1.807) is 0 Å². The highest BCUT2D eigenvalue weighted by Gasteiger charge is 2.52. The summed E-state index contributed by atoms with van der Waals surface area (Å²) < 4.78 is 36.6. The monoisotopic (exact) mass is 270 g/mol. The third-order valence-electron chi connectivity index (χ3n) is 3.72. The van der Waals surface area contributed by atoms with Crippen LogP contribution in [0.1, 0.15) is 39.8 Å². The van der Waals surface area contributed by atoms with Gasteiger partial charge < -0.3 is 15.0 Å². The van der Waals surface area contributed by atoms with Gasteiger partial charge in [0.25, 0.3) is 6.43 Å². The number of pyridine rings is 1. The Morgan fingerprint density at radius 1 is 1.21 bits per heavy atom. The Kier molecular flexibility index (Phi) is 3.30. The number of nitrogens with zero attached hydrogens (tertiary/aromatic N) is 1. The summed E-state index contributed by atoms with van der Waals surface area (Å²) in [6.45, 7) is 7.63. The molecule has 0 saturated carbocycles. The van der Waals surface area contributed by atoms with Crippen molar-refractivity contribution in [3.63, 3.8) is 0 Å². The second kappa shape index (κ2) is 4.42. The SMILES string of the molecule is CC1(C)OB(c2cnc(C(F)F)cc2N)OC1(C)C. The van der Waals surface area contributed by atoms with Crippen molar-refractivity contribution in [1.82, 2.24) is 4.98 Å². The van der Waals surface area contributed by atoms with Gasteiger partial charge in [-0.1, -0.05) is 0 Å². The van der Waals surface area contributed by atoms with Gasteiger partial charge in [-0.2, -0.15) is 0 Å². The van der Waals surface area contributed by atoms with E-state index in [4.69, 9.17) is 15.0 Å². The first kappa shape index (κ1) is 14.2. The zero-order valence-corrected chi connectivity index (χ0v) is 11.4. The summed E-state index contributed by atoms with van der Waals surface area (Å²) in [7, 11) is -0.691. The van der Waals surface area contributed by atoms with Gasteiger partial charge in [-0.05, 0) is 33.8 Å². The van der Waals surface area contributed by atoms with Crippen LogP contribution in [0.5, 0.6) is 0 Å². The van der Waals surface area contributed by atoms with E-state index in [9.17, 15) is 8.78 Å². The minimum atomic E-state index is -2.64. The molecular formula is C12H17BF2N2O2. The van der Waals surface area contributed by atoms with Crippen LogP contribution in [0.15, 0.2) is 12.3 Å². The summed E-state index contributed by atoms with van der Waals surface area (Å²) in [4.78, 5) is 3.69. The number of anilines is 1. The summed E-state index contributed by atoms with van der Waals surface area (Å²) in [5.74, 6) is 0. The molecule has 1 aromatic heterocycles. The second-order valence-corrected chi connectivity index (χ2v) is 5.63. The molecule has 0 spiro atoms. The smallest absolute Gasteiger partial charge is 0.399 e. The fraction of sp³-hybridized carbons (Fsp3) is 0.583. The van der Waals surface area contributed by atoms with Gasteiger partial charge in [-0.3, -0.25) is 4.98 Å². The molecule has 1 saturated heterocycles. The highest BCUT2D eigenvalue weighted by molar-refractivity contribution is 6.63. The van der Waals surface area contributed by atoms with Crippen molar-refractivity contribution in [3.8, 4) is 0 Å². The number of rotatable bonds is 2. The molecule has 2 N–H and O–H groups in total. The molecule has 1 aromatic rings. The number of hydrogen-bond acceptors (Lipinski definition) is 4. The number of alkyl halides is 2. The summed E-state index contributed by atoms with van der Waals surface area (Å²) in [6, 6.07) is 1.16. The molecule has 19 heavy (non-hydrogen) atoms. The van der Waals surface area contributed by atoms with E-state index in [1.165, 1.54) is 6.20 Å². The largest absolute Gasteiger partial charge is 0.498 e.